The van der Waals surface area contributed by atoms with E-state index in [2.05, 4.69) is 9.88 Å². The van der Waals surface area contributed by atoms with Gasteiger partial charge in [0.15, 0.2) is 5.82 Å². The summed E-state index contributed by atoms with van der Waals surface area (Å²) in [7, 11) is -3.55. The van der Waals surface area contributed by atoms with Gasteiger partial charge in [0, 0.05) is 30.8 Å². The summed E-state index contributed by atoms with van der Waals surface area (Å²) in [6, 6.07) is 10.4. The molecule has 1 aliphatic carbocycles. The molecule has 0 N–H and O–H groups in total. The van der Waals surface area contributed by atoms with Gasteiger partial charge in [-0.05, 0) is 86.8 Å². The molecule has 3 heterocycles. The molecule has 2 aromatic carbocycles. The van der Waals surface area contributed by atoms with Crippen LogP contribution in [0.15, 0.2) is 59.6 Å². The molecule has 2 aromatic heterocycles. The largest absolute Gasteiger partial charge is 0.363 e. The zero-order valence-corrected chi connectivity index (χ0v) is 25.5. The Bertz CT molecular complexity index is 1760. The molecule has 0 spiro atoms. The molecule has 0 unspecified atom stereocenters. The first kappa shape index (κ1) is 30.0. The number of halogens is 4. The van der Waals surface area contributed by atoms with Gasteiger partial charge in [0.2, 0.25) is 0 Å². The number of hydrogen-bond donors (Lipinski definition) is 0. The average molecular weight is 649 g/mol. The van der Waals surface area contributed by atoms with Gasteiger partial charge in [0.1, 0.15) is 28.4 Å². The number of ether oxygens (including phenoxy) is 1. The number of benzene rings is 2. The van der Waals surface area contributed by atoms with E-state index in [0.29, 0.717) is 38.6 Å². The summed E-state index contributed by atoms with van der Waals surface area (Å²) < 4.78 is 77.9. The highest BCUT2D eigenvalue weighted by molar-refractivity contribution is 7.92. The van der Waals surface area contributed by atoms with Gasteiger partial charge in [-0.3, -0.25) is 0 Å². The van der Waals surface area contributed by atoms with Crippen molar-refractivity contribution >= 4 is 38.6 Å². The van der Waals surface area contributed by atoms with Crippen LogP contribution in [0.2, 0.25) is 5.15 Å². The predicted molar refractivity (Wildman–Crippen MR) is 160 cm³/mol. The Balaban J connectivity index is 1.44. The first-order chi connectivity index (χ1) is 20.7. The molecular formula is C30H28ClF3N4O3S2. The Morgan fingerprint density at radius 1 is 1.07 bits per heavy atom. The number of methoxy groups -OCH3 is 1. The Hall–Kier alpha value is -3.03. The third-order valence-electron chi connectivity index (χ3n) is 7.78. The van der Waals surface area contributed by atoms with Crippen LogP contribution in [0.3, 0.4) is 0 Å². The molecule has 1 saturated heterocycles. The van der Waals surface area contributed by atoms with Crippen LogP contribution in [0.5, 0.6) is 0 Å². The summed E-state index contributed by atoms with van der Waals surface area (Å²) in [6.45, 7) is 1.31. The Morgan fingerprint density at radius 2 is 1.84 bits per heavy atom. The van der Waals surface area contributed by atoms with Gasteiger partial charge in [-0.15, -0.1) is 11.3 Å². The quantitative estimate of drug-likeness (QED) is 0.143. The molecule has 43 heavy (non-hydrogen) atoms. The minimum absolute atomic E-state index is 0.0503. The number of aromatic nitrogens is 2. The second-order valence-corrected chi connectivity index (χ2v) is 13.9. The maximum atomic E-state index is 16.5. The maximum Gasteiger partial charge on any atom is 0.269 e. The highest BCUT2D eigenvalue weighted by Crippen LogP contribution is 2.44. The van der Waals surface area contributed by atoms with E-state index in [4.69, 9.17) is 21.3 Å². The lowest BCUT2D eigenvalue weighted by molar-refractivity contribution is 0.203. The molecule has 7 nitrogen and oxygen atoms in total. The van der Waals surface area contributed by atoms with Gasteiger partial charge in [-0.1, -0.05) is 17.7 Å². The monoisotopic (exact) mass is 648 g/mol. The molecular weight excluding hydrogens is 621 g/mol. The maximum absolute atomic E-state index is 16.5. The van der Waals surface area contributed by atoms with E-state index < -0.39 is 44.8 Å². The number of hydrogen-bond acceptors (Lipinski definition) is 7. The minimum Gasteiger partial charge on any atom is -0.363 e. The van der Waals surface area contributed by atoms with E-state index in [1.54, 1.807) is 18.3 Å². The molecule has 13 heteroatoms. The number of nitrogens with zero attached hydrogens (tertiary/aromatic N) is 4. The van der Waals surface area contributed by atoms with Crippen molar-refractivity contribution in [3.05, 3.63) is 82.3 Å². The Kier molecular flexibility index (Phi) is 8.49. The predicted octanol–water partition coefficient (Wildman–Crippen LogP) is 7.08. The first-order valence-electron chi connectivity index (χ1n) is 13.8. The number of anilines is 1. The lowest BCUT2D eigenvalue weighted by atomic mass is 9.97. The zero-order valence-electron chi connectivity index (χ0n) is 23.1. The van der Waals surface area contributed by atoms with Crippen molar-refractivity contribution in [2.75, 3.05) is 31.2 Å². The molecule has 1 aliphatic heterocycles. The van der Waals surface area contributed by atoms with Crippen LogP contribution in [-0.4, -0.2) is 56.3 Å². The average Bonchev–Trinajstić information content (AvgIpc) is 3.76. The third kappa shape index (κ3) is 6.03. The van der Waals surface area contributed by atoms with Crippen LogP contribution in [0.1, 0.15) is 36.6 Å². The fourth-order valence-corrected chi connectivity index (χ4v) is 8.34. The van der Waals surface area contributed by atoms with Crippen LogP contribution in [0, 0.1) is 17.5 Å². The van der Waals surface area contributed by atoms with Gasteiger partial charge in [0.05, 0.1) is 21.3 Å². The van der Waals surface area contributed by atoms with Crippen LogP contribution in [0.4, 0.5) is 18.9 Å². The summed E-state index contributed by atoms with van der Waals surface area (Å²) in [5.74, 6) is -2.84. The SMILES string of the molecule is COCN(c1cccc(-c2nc(C3CCN(C4CC4)CC3)sc2-c2ccnc(Cl)c2)c1F)S(=O)(=O)c1cc(F)ccc1F. The number of pyridine rings is 1. The van der Waals surface area contributed by atoms with Crippen molar-refractivity contribution in [1.29, 1.82) is 0 Å². The number of sulfonamides is 1. The van der Waals surface area contributed by atoms with Crippen molar-refractivity contribution in [2.45, 2.75) is 42.5 Å². The minimum atomic E-state index is -4.77. The molecule has 1 saturated carbocycles. The summed E-state index contributed by atoms with van der Waals surface area (Å²) in [5.41, 5.74) is 0.684. The smallest absolute Gasteiger partial charge is 0.269 e. The summed E-state index contributed by atoms with van der Waals surface area (Å²) in [4.78, 5) is 11.2. The highest BCUT2D eigenvalue weighted by atomic mass is 35.5. The topological polar surface area (TPSA) is 75.6 Å². The fourth-order valence-electron chi connectivity index (χ4n) is 5.46. The number of likely N-dealkylation sites (tertiary alicyclic amines) is 1. The number of rotatable bonds is 9. The summed E-state index contributed by atoms with van der Waals surface area (Å²) in [5, 5.41) is 1.13. The van der Waals surface area contributed by atoms with Gasteiger partial charge in [0.25, 0.3) is 10.0 Å². The summed E-state index contributed by atoms with van der Waals surface area (Å²) in [6.07, 6.45) is 5.91. The first-order valence-corrected chi connectivity index (χ1v) is 16.4. The molecule has 0 atom stereocenters. The van der Waals surface area contributed by atoms with E-state index in [9.17, 15) is 17.2 Å². The zero-order chi connectivity index (χ0) is 30.3. The van der Waals surface area contributed by atoms with E-state index >= 15 is 4.39 Å². The van der Waals surface area contributed by atoms with Gasteiger partial charge < -0.3 is 9.64 Å². The van der Waals surface area contributed by atoms with Gasteiger partial charge in [-0.2, -0.15) is 0 Å². The van der Waals surface area contributed by atoms with Gasteiger partial charge in [-0.25, -0.2) is 35.9 Å². The van der Waals surface area contributed by atoms with Crippen molar-refractivity contribution in [2.24, 2.45) is 0 Å². The Morgan fingerprint density at radius 3 is 2.53 bits per heavy atom. The Labute approximate surface area is 257 Å². The fraction of sp³-hybridized carbons (Fsp3) is 0.333. The molecule has 0 amide bonds. The lowest BCUT2D eigenvalue weighted by Gasteiger charge is -2.30. The molecule has 6 rings (SSSR count). The molecule has 2 aliphatic rings. The van der Waals surface area contributed by atoms with Crippen LogP contribution >= 0.6 is 22.9 Å². The van der Waals surface area contributed by atoms with Crippen LogP contribution in [-0.2, 0) is 14.8 Å². The second kappa shape index (κ2) is 12.2. The van der Waals surface area contributed by atoms with E-state index in [1.165, 1.54) is 49.5 Å². The van der Waals surface area contributed by atoms with E-state index in [-0.39, 0.29) is 16.6 Å². The normalized spacial score (nSPS) is 16.5. The molecule has 2 fully saturated rings. The number of piperidine rings is 1. The van der Waals surface area contributed by atoms with Crippen molar-refractivity contribution in [3.63, 3.8) is 0 Å². The molecule has 0 bridgehead atoms. The lowest BCUT2D eigenvalue weighted by Crippen LogP contribution is -2.34. The molecule has 4 aromatic rings. The standard InChI is InChI=1S/C30H28ClF3N4O3S2/c1-41-17-38(43(39,40)25-16-20(32)5-8-23(25)33)24-4-2-3-22(27(24)34)28-29(19-9-12-35-26(31)15-19)42-30(36-28)18-10-13-37(14-11-18)21-6-7-21/h2-5,8-9,12,15-16,18,21H,6-7,10-11,13-14,17H2,1H3. The number of thiazole rings is 1. The van der Waals surface area contributed by atoms with E-state index in [1.807, 2.05) is 0 Å². The third-order valence-corrected chi connectivity index (χ3v) is 11.0. The molecule has 226 valence electrons. The highest BCUT2D eigenvalue weighted by Gasteiger charge is 2.35. The second-order valence-electron chi connectivity index (χ2n) is 10.6. The van der Waals surface area contributed by atoms with Crippen molar-refractivity contribution < 1.29 is 26.3 Å². The van der Waals surface area contributed by atoms with Crippen molar-refractivity contribution in [3.8, 4) is 21.7 Å². The van der Waals surface area contributed by atoms with Crippen molar-refractivity contribution in [1.82, 2.24) is 14.9 Å². The van der Waals surface area contributed by atoms with Crippen LogP contribution < -0.4 is 4.31 Å². The van der Waals surface area contributed by atoms with Gasteiger partial charge >= 0.3 is 0 Å². The van der Waals surface area contributed by atoms with E-state index in [0.717, 1.165) is 37.0 Å². The van der Waals surface area contributed by atoms with Crippen LogP contribution in [0.25, 0.3) is 21.7 Å². The molecule has 0 radical (unpaired) electrons. The summed E-state index contributed by atoms with van der Waals surface area (Å²) >= 11 is 7.67.